The number of nitrogens with one attached hydrogen (secondary N) is 1. The lowest BCUT2D eigenvalue weighted by atomic mass is 9.78. The average molecular weight is 553 g/mol. The molecular formula is C29H33BrN2O4. The summed E-state index contributed by atoms with van der Waals surface area (Å²) < 4.78 is 18.1. The Morgan fingerprint density at radius 2 is 1.42 bits per heavy atom. The molecule has 6 nitrogen and oxygen atoms in total. The summed E-state index contributed by atoms with van der Waals surface area (Å²) in [6.07, 6.45) is 2.96. The highest BCUT2D eigenvalue weighted by atomic mass is 79.9. The van der Waals surface area contributed by atoms with E-state index in [1.54, 1.807) is 6.20 Å². The second kappa shape index (κ2) is 10.5. The topological polar surface area (TPSA) is 69.7 Å². The molecule has 1 aromatic heterocycles. The van der Waals surface area contributed by atoms with Crippen molar-refractivity contribution in [3.8, 4) is 17.2 Å². The van der Waals surface area contributed by atoms with Gasteiger partial charge in [0, 0.05) is 24.3 Å². The SMILES string of the molecule is CC(C)(C)OC(=O)N[C@H]1C[C@@H](Oc2ccc(C(C)(C)c3ccc(Oc4ccc(Br)nc4)cc3)cc2)C1. The quantitative estimate of drug-likeness (QED) is 0.309. The zero-order chi connectivity index (χ0) is 25.9. The number of carbonyl (C=O) groups excluding carboxylic acids is 1. The van der Waals surface area contributed by atoms with Crippen LogP contribution in [0.25, 0.3) is 0 Å². The highest BCUT2D eigenvalue weighted by Crippen LogP contribution is 2.35. The number of rotatable bonds is 7. The standard InChI is InChI=1S/C29H33BrN2O4/c1-28(2,3)36-27(33)32-21-16-25(17-21)35-23-12-8-20(9-13-23)29(4,5)19-6-10-22(11-7-19)34-24-14-15-26(30)31-18-24/h6-15,18,21,25H,16-17H2,1-5H3,(H,32,33)/t21-,25+. The number of ether oxygens (including phenoxy) is 3. The number of halogens is 1. The van der Waals surface area contributed by atoms with Gasteiger partial charge in [-0.2, -0.15) is 0 Å². The molecule has 1 aliphatic carbocycles. The Hall–Kier alpha value is -3.06. The van der Waals surface area contributed by atoms with E-state index in [0.29, 0.717) is 5.75 Å². The molecular weight excluding hydrogens is 520 g/mol. The third-order valence-electron chi connectivity index (χ3n) is 6.21. The molecule has 1 amide bonds. The molecule has 0 unspecified atom stereocenters. The van der Waals surface area contributed by atoms with Gasteiger partial charge in [-0.3, -0.25) is 0 Å². The molecule has 0 atom stereocenters. The monoisotopic (exact) mass is 552 g/mol. The maximum atomic E-state index is 11.9. The Morgan fingerprint density at radius 1 is 0.861 bits per heavy atom. The molecule has 3 aromatic rings. The van der Waals surface area contributed by atoms with Crippen molar-refractivity contribution in [1.82, 2.24) is 10.3 Å². The predicted molar refractivity (Wildman–Crippen MR) is 144 cm³/mol. The molecule has 1 heterocycles. The Bertz CT molecular complexity index is 1160. The lowest BCUT2D eigenvalue weighted by Crippen LogP contribution is -2.50. The van der Waals surface area contributed by atoms with Crippen LogP contribution in [0.1, 0.15) is 58.6 Å². The average Bonchev–Trinajstić information content (AvgIpc) is 2.79. The summed E-state index contributed by atoms with van der Waals surface area (Å²) in [6, 6.07) is 20.2. The first kappa shape index (κ1) is 26.0. The molecule has 2 aromatic carbocycles. The zero-order valence-electron chi connectivity index (χ0n) is 21.4. The largest absolute Gasteiger partial charge is 0.490 e. The molecule has 1 aliphatic rings. The summed E-state index contributed by atoms with van der Waals surface area (Å²) in [5.41, 5.74) is 1.70. The van der Waals surface area contributed by atoms with Crippen molar-refractivity contribution in [1.29, 1.82) is 0 Å². The van der Waals surface area contributed by atoms with Crippen LogP contribution in [0.4, 0.5) is 4.79 Å². The van der Waals surface area contributed by atoms with Crippen LogP contribution in [0.5, 0.6) is 17.2 Å². The van der Waals surface area contributed by atoms with E-state index in [1.165, 1.54) is 11.1 Å². The molecule has 0 saturated heterocycles. The molecule has 4 rings (SSSR count). The van der Waals surface area contributed by atoms with Crippen molar-refractivity contribution < 1.29 is 19.0 Å². The number of hydrogen-bond donors (Lipinski definition) is 1. The molecule has 0 aliphatic heterocycles. The summed E-state index contributed by atoms with van der Waals surface area (Å²) in [6.45, 7) is 9.98. The van der Waals surface area contributed by atoms with Crippen molar-refractivity contribution in [2.24, 2.45) is 0 Å². The van der Waals surface area contributed by atoms with Gasteiger partial charge in [-0.1, -0.05) is 38.1 Å². The summed E-state index contributed by atoms with van der Waals surface area (Å²) in [5.74, 6) is 2.30. The highest BCUT2D eigenvalue weighted by molar-refractivity contribution is 9.10. The molecule has 0 spiro atoms. The van der Waals surface area contributed by atoms with Crippen molar-refractivity contribution in [2.45, 2.75) is 70.6 Å². The molecule has 1 fully saturated rings. The van der Waals surface area contributed by atoms with Gasteiger partial charge < -0.3 is 19.5 Å². The molecule has 7 heteroatoms. The molecule has 0 bridgehead atoms. The van der Waals surface area contributed by atoms with Crippen LogP contribution in [-0.2, 0) is 10.2 Å². The maximum absolute atomic E-state index is 11.9. The molecule has 190 valence electrons. The van der Waals surface area contributed by atoms with Crippen molar-refractivity contribution in [3.63, 3.8) is 0 Å². The van der Waals surface area contributed by atoms with Gasteiger partial charge in [0.2, 0.25) is 0 Å². The van der Waals surface area contributed by atoms with Gasteiger partial charge in [0.05, 0.1) is 6.20 Å². The normalized spacial score (nSPS) is 17.6. The molecule has 0 radical (unpaired) electrons. The number of benzene rings is 2. The number of carbonyl (C=O) groups is 1. The van der Waals surface area contributed by atoms with Gasteiger partial charge in [-0.05, 0) is 84.2 Å². The van der Waals surface area contributed by atoms with E-state index in [0.717, 1.165) is 28.9 Å². The van der Waals surface area contributed by atoms with Gasteiger partial charge >= 0.3 is 6.09 Å². The van der Waals surface area contributed by atoms with E-state index >= 15 is 0 Å². The lowest BCUT2D eigenvalue weighted by Gasteiger charge is -2.36. The number of alkyl carbamates (subject to hydrolysis) is 1. The van der Waals surface area contributed by atoms with Gasteiger partial charge in [-0.15, -0.1) is 0 Å². The van der Waals surface area contributed by atoms with Crippen molar-refractivity contribution in [3.05, 3.63) is 82.6 Å². The zero-order valence-corrected chi connectivity index (χ0v) is 23.0. The fourth-order valence-corrected chi connectivity index (χ4v) is 4.30. The van der Waals surface area contributed by atoms with E-state index in [1.807, 2.05) is 57.2 Å². The van der Waals surface area contributed by atoms with Crippen LogP contribution in [0, 0.1) is 0 Å². The first-order chi connectivity index (χ1) is 17.0. The van der Waals surface area contributed by atoms with Gasteiger partial charge in [0.25, 0.3) is 0 Å². The maximum Gasteiger partial charge on any atom is 0.407 e. The predicted octanol–water partition coefficient (Wildman–Crippen LogP) is 7.40. The van der Waals surface area contributed by atoms with Crippen LogP contribution in [0.3, 0.4) is 0 Å². The lowest BCUT2D eigenvalue weighted by molar-refractivity contribution is 0.0363. The first-order valence-corrected chi connectivity index (χ1v) is 12.9. The first-order valence-electron chi connectivity index (χ1n) is 12.1. The second-order valence-electron chi connectivity index (χ2n) is 10.6. The Kier molecular flexibility index (Phi) is 7.59. The fraction of sp³-hybridized carbons (Fsp3) is 0.379. The number of nitrogens with zero attached hydrogens (tertiary/aromatic N) is 1. The molecule has 36 heavy (non-hydrogen) atoms. The summed E-state index contributed by atoms with van der Waals surface area (Å²) in [5, 5.41) is 2.90. The van der Waals surface area contributed by atoms with E-state index in [2.05, 4.69) is 64.3 Å². The fourth-order valence-electron chi connectivity index (χ4n) is 4.06. The van der Waals surface area contributed by atoms with E-state index in [-0.39, 0.29) is 23.7 Å². The van der Waals surface area contributed by atoms with Gasteiger partial charge in [0.15, 0.2) is 0 Å². The smallest absolute Gasteiger partial charge is 0.407 e. The summed E-state index contributed by atoms with van der Waals surface area (Å²) in [4.78, 5) is 16.1. The highest BCUT2D eigenvalue weighted by Gasteiger charge is 2.33. The number of amides is 1. The molecule has 1 saturated carbocycles. The van der Waals surface area contributed by atoms with E-state index in [4.69, 9.17) is 14.2 Å². The number of pyridine rings is 1. The summed E-state index contributed by atoms with van der Waals surface area (Å²) in [7, 11) is 0. The van der Waals surface area contributed by atoms with Crippen molar-refractivity contribution >= 4 is 22.0 Å². The minimum absolute atomic E-state index is 0.0926. The van der Waals surface area contributed by atoms with Crippen molar-refractivity contribution in [2.75, 3.05) is 0 Å². The van der Waals surface area contributed by atoms with Gasteiger partial charge in [-0.25, -0.2) is 9.78 Å². The van der Waals surface area contributed by atoms with E-state index in [9.17, 15) is 4.79 Å². The van der Waals surface area contributed by atoms with Gasteiger partial charge in [0.1, 0.15) is 33.6 Å². The third-order valence-corrected chi connectivity index (χ3v) is 6.68. The third kappa shape index (κ3) is 6.78. The minimum atomic E-state index is -0.493. The summed E-state index contributed by atoms with van der Waals surface area (Å²) >= 11 is 3.33. The van der Waals surface area contributed by atoms with Crippen LogP contribution < -0.4 is 14.8 Å². The van der Waals surface area contributed by atoms with Crippen LogP contribution >= 0.6 is 15.9 Å². The second-order valence-corrected chi connectivity index (χ2v) is 11.5. The van der Waals surface area contributed by atoms with Crippen LogP contribution in [0.15, 0.2) is 71.5 Å². The Balaban J connectivity index is 1.30. The van der Waals surface area contributed by atoms with E-state index < -0.39 is 5.60 Å². The van der Waals surface area contributed by atoms with Crippen LogP contribution in [0.2, 0.25) is 0 Å². The van der Waals surface area contributed by atoms with Crippen LogP contribution in [-0.4, -0.2) is 28.8 Å². The minimum Gasteiger partial charge on any atom is -0.490 e. The molecule has 1 N–H and O–H groups in total. The number of aromatic nitrogens is 1. The Morgan fingerprint density at radius 3 is 1.94 bits per heavy atom. The Labute approximate surface area is 221 Å². The number of hydrogen-bond acceptors (Lipinski definition) is 5.